The maximum atomic E-state index is 13.6. The summed E-state index contributed by atoms with van der Waals surface area (Å²) in [5, 5.41) is 3.77. The van der Waals surface area contributed by atoms with Crippen LogP contribution in [0.15, 0.2) is 44.1 Å². The van der Waals surface area contributed by atoms with Crippen molar-refractivity contribution in [3.8, 4) is 5.75 Å². The number of hydrazone groups is 1. The summed E-state index contributed by atoms with van der Waals surface area (Å²) in [6, 6.07) is 5.20. The summed E-state index contributed by atoms with van der Waals surface area (Å²) >= 11 is 0. The van der Waals surface area contributed by atoms with Gasteiger partial charge in [-0.05, 0) is 68.7 Å². The zero-order valence-electron chi connectivity index (χ0n) is 24.1. The van der Waals surface area contributed by atoms with Crippen LogP contribution in [0, 0.1) is 5.82 Å². The summed E-state index contributed by atoms with van der Waals surface area (Å²) < 4.78 is 31.5. The maximum absolute atomic E-state index is 13.6. The second-order valence-corrected chi connectivity index (χ2v) is 10.2. The van der Waals surface area contributed by atoms with Gasteiger partial charge in [0.2, 0.25) is 5.82 Å². The normalized spacial score (nSPS) is 17.1. The molecule has 230 valence electrons. The number of H-pyrrole nitrogens is 1. The molecule has 0 unspecified atom stereocenters. The molecular weight excluding hydrogens is 547 g/mol. The Labute approximate surface area is 243 Å². The number of benzene rings is 1. The number of nitrogens with zero attached hydrogens (tertiary/aromatic N) is 3. The topological polar surface area (TPSA) is 176 Å². The standard InChI is InChI=1S/C29H41FN6O6/c1-2-3-8-21(35-32)17-33-13-6-4-5-7-14-40-22-9-11-25(31)20(15-22)16-27(37)41-19-23-10-12-26(42-23)36-18-24(30)28(38)34-29(36)39/h9,11,15,17-18,23,26H,2-8,10,12-14,16,19,31-32H2,1H3,(H,34,38,39)/t23-,26+/m0/s1. The lowest BCUT2D eigenvalue weighted by Crippen LogP contribution is -2.34. The number of esters is 1. The van der Waals surface area contributed by atoms with Crippen molar-refractivity contribution in [3.63, 3.8) is 0 Å². The molecule has 12 nitrogen and oxygen atoms in total. The fourth-order valence-corrected chi connectivity index (χ4v) is 4.45. The van der Waals surface area contributed by atoms with Gasteiger partial charge in [-0.3, -0.25) is 24.1 Å². The van der Waals surface area contributed by atoms with Crippen LogP contribution in [0.3, 0.4) is 0 Å². The van der Waals surface area contributed by atoms with Crippen LogP contribution in [0.5, 0.6) is 5.75 Å². The molecule has 0 spiro atoms. The Morgan fingerprint density at radius 3 is 2.81 bits per heavy atom. The number of nitrogen functional groups attached to an aromatic ring is 1. The number of hydrogen-bond donors (Lipinski definition) is 3. The highest BCUT2D eigenvalue weighted by atomic mass is 19.1. The van der Waals surface area contributed by atoms with Crippen molar-refractivity contribution in [1.82, 2.24) is 9.55 Å². The van der Waals surface area contributed by atoms with Crippen molar-refractivity contribution < 1.29 is 23.4 Å². The van der Waals surface area contributed by atoms with E-state index in [2.05, 4.69) is 17.0 Å². The van der Waals surface area contributed by atoms with Crippen LogP contribution in [-0.2, 0) is 20.7 Å². The molecule has 0 saturated carbocycles. The number of unbranched alkanes of at least 4 members (excludes halogenated alkanes) is 4. The monoisotopic (exact) mass is 588 g/mol. The first-order chi connectivity index (χ1) is 20.3. The van der Waals surface area contributed by atoms with E-state index in [0.29, 0.717) is 36.4 Å². The molecule has 0 amide bonds. The SMILES string of the molecule is CCCCC(C=NCCCCCCOc1ccc(N)c(CC(=O)OC[C@@H]2CC[C@H](n3cc(F)c(=O)[nH]c3=O)O2)c1)=NN. The second-order valence-electron chi connectivity index (χ2n) is 10.2. The van der Waals surface area contributed by atoms with Crippen molar-refractivity contribution >= 4 is 23.6 Å². The number of rotatable bonds is 17. The summed E-state index contributed by atoms with van der Waals surface area (Å²) in [6.07, 6.45) is 9.12. The summed E-state index contributed by atoms with van der Waals surface area (Å²) in [6.45, 7) is 3.38. The van der Waals surface area contributed by atoms with Crippen molar-refractivity contribution in [2.24, 2.45) is 15.9 Å². The van der Waals surface area contributed by atoms with Crippen molar-refractivity contribution in [2.75, 3.05) is 25.5 Å². The highest BCUT2D eigenvalue weighted by molar-refractivity contribution is 6.30. The molecule has 1 fully saturated rings. The number of halogens is 1. The zero-order chi connectivity index (χ0) is 30.3. The number of hydrogen-bond acceptors (Lipinski definition) is 10. The van der Waals surface area contributed by atoms with Crippen LogP contribution in [0.25, 0.3) is 0 Å². The lowest BCUT2D eigenvalue weighted by Gasteiger charge is -2.16. The molecule has 1 aromatic carbocycles. The number of carbonyl (C=O) groups excluding carboxylic acids is 1. The van der Waals surface area contributed by atoms with Crippen LogP contribution in [0.2, 0.25) is 0 Å². The molecule has 0 radical (unpaired) electrons. The van der Waals surface area contributed by atoms with Gasteiger partial charge in [-0.2, -0.15) is 9.49 Å². The molecule has 42 heavy (non-hydrogen) atoms. The third-order valence-corrected chi connectivity index (χ3v) is 6.84. The number of nitrogens with one attached hydrogen (secondary N) is 1. The number of carbonyl (C=O) groups is 1. The van der Waals surface area contributed by atoms with Gasteiger partial charge in [0.05, 0.1) is 31.0 Å². The molecule has 1 aliphatic heterocycles. The van der Waals surface area contributed by atoms with Gasteiger partial charge >= 0.3 is 11.7 Å². The number of aliphatic imine (C=N–C) groups is 1. The van der Waals surface area contributed by atoms with Gasteiger partial charge in [0.15, 0.2) is 0 Å². The minimum atomic E-state index is -1.09. The minimum Gasteiger partial charge on any atom is -0.494 e. The predicted molar refractivity (Wildman–Crippen MR) is 158 cm³/mol. The van der Waals surface area contributed by atoms with E-state index in [0.717, 1.165) is 68.0 Å². The van der Waals surface area contributed by atoms with Crippen LogP contribution in [-0.4, -0.2) is 53.3 Å². The van der Waals surface area contributed by atoms with Gasteiger partial charge in [-0.1, -0.05) is 19.8 Å². The van der Waals surface area contributed by atoms with E-state index in [1.807, 2.05) is 4.98 Å². The van der Waals surface area contributed by atoms with Crippen LogP contribution < -0.4 is 27.6 Å². The predicted octanol–water partition coefficient (Wildman–Crippen LogP) is 3.24. The highest BCUT2D eigenvalue weighted by Crippen LogP contribution is 2.27. The van der Waals surface area contributed by atoms with E-state index < -0.39 is 35.4 Å². The molecular formula is C29H41FN6O6. The summed E-state index contributed by atoms with van der Waals surface area (Å²) in [4.78, 5) is 42.0. The number of aromatic amines is 1. The highest BCUT2D eigenvalue weighted by Gasteiger charge is 2.29. The number of anilines is 1. The van der Waals surface area contributed by atoms with Crippen LogP contribution >= 0.6 is 0 Å². The smallest absolute Gasteiger partial charge is 0.330 e. The molecule has 2 aromatic rings. The molecule has 2 atom stereocenters. The van der Waals surface area contributed by atoms with E-state index in [-0.39, 0.29) is 13.0 Å². The average Bonchev–Trinajstić information content (AvgIpc) is 3.45. The van der Waals surface area contributed by atoms with Crippen LogP contribution in [0.4, 0.5) is 10.1 Å². The second kappa shape index (κ2) is 17.1. The third kappa shape index (κ3) is 10.4. The Balaban J connectivity index is 1.34. The zero-order valence-corrected chi connectivity index (χ0v) is 24.1. The molecule has 13 heteroatoms. The number of ether oxygens (including phenoxy) is 3. The maximum Gasteiger partial charge on any atom is 0.330 e. The van der Waals surface area contributed by atoms with Crippen molar-refractivity contribution in [2.45, 2.75) is 83.5 Å². The first kappa shape index (κ1) is 32.5. The van der Waals surface area contributed by atoms with E-state index in [1.54, 1.807) is 24.4 Å². The van der Waals surface area contributed by atoms with Crippen molar-refractivity contribution in [1.29, 1.82) is 0 Å². The van der Waals surface area contributed by atoms with Crippen LogP contribution in [0.1, 0.15) is 76.5 Å². The third-order valence-electron chi connectivity index (χ3n) is 6.84. The molecule has 5 N–H and O–H groups in total. The van der Waals surface area contributed by atoms with E-state index in [4.69, 9.17) is 25.8 Å². The molecule has 1 saturated heterocycles. The number of aromatic nitrogens is 2. The van der Waals surface area contributed by atoms with Gasteiger partial charge in [0.1, 0.15) is 18.6 Å². The fraction of sp³-hybridized carbons (Fsp3) is 0.552. The van der Waals surface area contributed by atoms with E-state index >= 15 is 0 Å². The molecule has 0 bridgehead atoms. The average molecular weight is 589 g/mol. The lowest BCUT2D eigenvalue weighted by atomic mass is 10.1. The van der Waals surface area contributed by atoms with Gasteiger partial charge in [0, 0.05) is 18.4 Å². The largest absolute Gasteiger partial charge is 0.494 e. The van der Waals surface area contributed by atoms with Gasteiger partial charge in [-0.25, -0.2) is 4.79 Å². The van der Waals surface area contributed by atoms with E-state index in [1.165, 1.54) is 0 Å². The molecule has 1 aromatic heterocycles. The lowest BCUT2D eigenvalue weighted by molar-refractivity contribution is -0.147. The molecule has 1 aliphatic rings. The first-order valence-corrected chi connectivity index (χ1v) is 14.4. The summed E-state index contributed by atoms with van der Waals surface area (Å²) in [5.74, 6) is 4.44. The Morgan fingerprint density at radius 1 is 1.21 bits per heavy atom. The molecule has 3 rings (SSSR count). The quantitative estimate of drug-likeness (QED) is 0.0630. The Hall–Kier alpha value is -4.00. The van der Waals surface area contributed by atoms with Gasteiger partial charge < -0.3 is 25.8 Å². The van der Waals surface area contributed by atoms with Crippen molar-refractivity contribution in [3.05, 3.63) is 56.6 Å². The Morgan fingerprint density at radius 2 is 2.02 bits per heavy atom. The first-order valence-electron chi connectivity index (χ1n) is 14.4. The Kier molecular flexibility index (Phi) is 13.2. The molecule has 0 aliphatic carbocycles. The number of nitrogens with two attached hydrogens (primary N) is 2. The van der Waals surface area contributed by atoms with Gasteiger partial charge in [-0.15, -0.1) is 0 Å². The molecule has 2 heterocycles. The van der Waals surface area contributed by atoms with E-state index in [9.17, 15) is 18.8 Å². The Bertz CT molecular complexity index is 1340. The van der Waals surface area contributed by atoms with Gasteiger partial charge in [0.25, 0.3) is 5.56 Å². The minimum absolute atomic E-state index is 0.0298. The fourth-order valence-electron chi connectivity index (χ4n) is 4.45. The summed E-state index contributed by atoms with van der Waals surface area (Å²) in [5.41, 5.74) is 6.09. The summed E-state index contributed by atoms with van der Waals surface area (Å²) in [7, 11) is 0.